The van der Waals surface area contributed by atoms with Crippen molar-refractivity contribution in [2.24, 2.45) is 0 Å². The van der Waals surface area contributed by atoms with Crippen molar-refractivity contribution in [3.05, 3.63) is 48.6 Å². The quantitative estimate of drug-likeness (QED) is 0.0490. The number of allylic oxidation sites excluding steroid dienone is 7. The molecule has 0 aliphatic carbocycles. The van der Waals surface area contributed by atoms with Crippen LogP contribution in [-0.4, -0.2) is 34.9 Å². The van der Waals surface area contributed by atoms with Crippen LogP contribution in [0.3, 0.4) is 0 Å². The summed E-state index contributed by atoms with van der Waals surface area (Å²) in [6, 6.07) is -0.622. The van der Waals surface area contributed by atoms with Crippen molar-refractivity contribution < 1.29 is 15.0 Å². The zero-order valence-corrected chi connectivity index (χ0v) is 29.9. The van der Waals surface area contributed by atoms with Crippen LogP contribution in [0.1, 0.15) is 187 Å². The molecule has 4 nitrogen and oxygen atoms in total. The van der Waals surface area contributed by atoms with Crippen molar-refractivity contribution in [1.29, 1.82) is 0 Å². The number of carbonyl (C=O) groups is 1. The molecular weight excluding hydrogens is 554 g/mol. The van der Waals surface area contributed by atoms with Crippen LogP contribution in [0, 0.1) is 0 Å². The number of hydrogen-bond acceptors (Lipinski definition) is 3. The molecule has 2 atom stereocenters. The molecule has 45 heavy (non-hydrogen) atoms. The average molecular weight is 630 g/mol. The molecule has 0 rings (SSSR count). The van der Waals surface area contributed by atoms with Crippen molar-refractivity contribution in [2.75, 3.05) is 6.61 Å². The molecule has 262 valence electrons. The molecule has 0 saturated heterocycles. The van der Waals surface area contributed by atoms with Gasteiger partial charge in [0.1, 0.15) is 0 Å². The number of aliphatic hydroxyl groups is 2. The van der Waals surface area contributed by atoms with E-state index >= 15 is 0 Å². The summed E-state index contributed by atoms with van der Waals surface area (Å²) >= 11 is 0. The van der Waals surface area contributed by atoms with Crippen LogP contribution in [0.5, 0.6) is 0 Å². The number of rotatable bonds is 34. The number of carbonyl (C=O) groups excluding carboxylic acids is 1. The predicted octanol–water partition coefficient (Wildman–Crippen LogP) is 11.6. The van der Waals surface area contributed by atoms with Crippen molar-refractivity contribution in [2.45, 2.75) is 199 Å². The lowest BCUT2D eigenvalue weighted by Crippen LogP contribution is -2.45. The number of hydrogen-bond donors (Lipinski definition) is 3. The maximum Gasteiger partial charge on any atom is 0.220 e. The Morgan fingerprint density at radius 2 is 0.911 bits per heavy atom. The van der Waals surface area contributed by atoms with Crippen LogP contribution in [0.25, 0.3) is 0 Å². The van der Waals surface area contributed by atoms with Crippen molar-refractivity contribution in [3.8, 4) is 0 Å². The summed E-state index contributed by atoms with van der Waals surface area (Å²) < 4.78 is 0. The molecule has 3 N–H and O–H groups in total. The summed E-state index contributed by atoms with van der Waals surface area (Å²) in [5.74, 6) is -0.0738. The molecule has 0 aliphatic rings. The van der Waals surface area contributed by atoms with Crippen molar-refractivity contribution >= 4 is 5.91 Å². The highest BCUT2D eigenvalue weighted by Gasteiger charge is 2.17. The van der Waals surface area contributed by atoms with Gasteiger partial charge in [0, 0.05) is 6.42 Å². The molecule has 0 bridgehead atoms. The fourth-order valence-electron chi connectivity index (χ4n) is 5.54. The van der Waals surface area contributed by atoms with E-state index in [0.29, 0.717) is 6.42 Å². The summed E-state index contributed by atoms with van der Waals surface area (Å²) in [6.07, 6.45) is 49.2. The lowest BCUT2D eigenvalue weighted by molar-refractivity contribution is -0.123. The summed E-state index contributed by atoms with van der Waals surface area (Å²) in [4.78, 5) is 12.3. The SMILES string of the molecule is CCCCCCC/C=C\C/C=C\C/C=C\CCCCCCCCCCCCC(=O)NC(CO)C(O)/C=C/CCCCCCCC. The Bertz CT molecular complexity index is 726. The third kappa shape index (κ3) is 33.5. The minimum absolute atomic E-state index is 0.0738. The van der Waals surface area contributed by atoms with Gasteiger partial charge in [-0.15, -0.1) is 0 Å². The van der Waals surface area contributed by atoms with Gasteiger partial charge in [0.25, 0.3) is 0 Å². The topological polar surface area (TPSA) is 69.6 Å². The van der Waals surface area contributed by atoms with Crippen LogP contribution in [0.2, 0.25) is 0 Å². The van der Waals surface area contributed by atoms with E-state index in [2.05, 4.69) is 55.6 Å². The first-order valence-corrected chi connectivity index (χ1v) is 19.4. The Hall–Kier alpha value is -1.65. The van der Waals surface area contributed by atoms with Gasteiger partial charge in [-0.05, 0) is 57.8 Å². The molecular formula is C41H75NO3. The van der Waals surface area contributed by atoms with Crippen LogP contribution >= 0.6 is 0 Å². The zero-order valence-electron chi connectivity index (χ0n) is 29.9. The highest BCUT2D eigenvalue weighted by atomic mass is 16.3. The van der Waals surface area contributed by atoms with Gasteiger partial charge < -0.3 is 15.5 Å². The smallest absolute Gasteiger partial charge is 0.220 e. The number of aliphatic hydroxyl groups excluding tert-OH is 2. The first-order valence-electron chi connectivity index (χ1n) is 19.4. The second-order valence-corrected chi connectivity index (χ2v) is 13.0. The van der Waals surface area contributed by atoms with E-state index in [1.54, 1.807) is 6.08 Å². The Morgan fingerprint density at radius 3 is 1.36 bits per heavy atom. The van der Waals surface area contributed by atoms with Gasteiger partial charge in [-0.1, -0.05) is 172 Å². The van der Waals surface area contributed by atoms with Gasteiger partial charge in [0.05, 0.1) is 18.8 Å². The van der Waals surface area contributed by atoms with E-state index < -0.39 is 12.1 Å². The minimum atomic E-state index is -0.838. The van der Waals surface area contributed by atoms with E-state index in [1.807, 2.05) is 6.08 Å². The first kappa shape index (κ1) is 43.4. The lowest BCUT2D eigenvalue weighted by atomic mass is 10.0. The van der Waals surface area contributed by atoms with Crippen molar-refractivity contribution in [3.63, 3.8) is 0 Å². The van der Waals surface area contributed by atoms with Crippen LogP contribution in [0.15, 0.2) is 48.6 Å². The Labute approximate surface area is 280 Å². The second kappa shape index (κ2) is 36.8. The number of amides is 1. The molecule has 0 spiro atoms. The molecule has 0 radical (unpaired) electrons. The van der Waals surface area contributed by atoms with Crippen LogP contribution in [0.4, 0.5) is 0 Å². The van der Waals surface area contributed by atoms with E-state index in [9.17, 15) is 15.0 Å². The Balaban J connectivity index is 3.55. The molecule has 1 amide bonds. The number of nitrogens with one attached hydrogen (secondary N) is 1. The summed E-state index contributed by atoms with van der Waals surface area (Å²) in [7, 11) is 0. The van der Waals surface area contributed by atoms with Crippen LogP contribution in [-0.2, 0) is 4.79 Å². The van der Waals surface area contributed by atoms with E-state index in [0.717, 1.165) is 38.5 Å². The molecule has 0 saturated carbocycles. The molecule has 2 unspecified atom stereocenters. The summed E-state index contributed by atoms with van der Waals surface area (Å²) in [6.45, 7) is 4.24. The van der Waals surface area contributed by atoms with E-state index in [4.69, 9.17) is 0 Å². The van der Waals surface area contributed by atoms with Gasteiger partial charge in [0.15, 0.2) is 0 Å². The second-order valence-electron chi connectivity index (χ2n) is 13.0. The third-order valence-corrected chi connectivity index (χ3v) is 8.56. The fourth-order valence-corrected chi connectivity index (χ4v) is 5.54. The highest BCUT2D eigenvalue weighted by Crippen LogP contribution is 2.13. The predicted molar refractivity (Wildman–Crippen MR) is 198 cm³/mol. The summed E-state index contributed by atoms with van der Waals surface area (Å²) in [5, 5.41) is 22.8. The van der Waals surface area contributed by atoms with Gasteiger partial charge in [-0.3, -0.25) is 4.79 Å². The van der Waals surface area contributed by atoms with Gasteiger partial charge in [-0.25, -0.2) is 0 Å². The molecule has 4 heteroatoms. The highest BCUT2D eigenvalue weighted by molar-refractivity contribution is 5.76. The average Bonchev–Trinajstić information content (AvgIpc) is 3.04. The molecule has 0 aliphatic heterocycles. The molecule has 0 heterocycles. The van der Waals surface area contributed by atoms with Gasteiger partial charge >= 0.3 is 0 Å². The zero-order chi connectivity index (χ0) is 32.9. The Kier molecular flexibility index (Phi) is 35.5. The molecule has 0 fully saturated rings. The van der Waals surface area contributed by atoms with Crippen LogP contribution < -0.4 is 5.32 Å². The third-order valence-electron chi connectivity index (χ3n) is 8.56. The van der Waals surface area contributed by atoms with E-state index in [1.165, 1.54) is 128 Å². The molecule has 0 aromatic carbocycles. The fraction of sp³-hybridized carbons (Fsp3) is 0.780. The maximum atomic E-state index is 12.3. The van der Waals surface area contributed by atoms with Gasteiger partial charge in [0.2, 0.25) is 5.91 Å². The standard InChI is InChI=1S/C41H75NO3/c1-3-5-7-9-11-13-14-15-16-17-18-19-20-21-22-23-24-25-26-27-28-29-31-33-35-37-41(45)42-39(38-43)40(44)36-34-32-30-12-10-8-6-4-2/h14-15,17-18,20-21,34,36,39-40,43-44H,3-13,16,19,22-33,35,37-38H2,1-2H3,(H,42,45)/b15-14-,18-17-,21-20-,36-34+. The first-order chi connectivity index (χ1) is 22.2. The molecule has 0 aromatic rings. The molecule has 0 aromatic heterocycles. The van der Waals surface area contributed by atoms with E-state index in [-0.39, 0.29) is 12.5 Å². The maximum absolute atomic E-state index is 12.3. The largest absolute Gasteiger partial charge is 0.394 e. The monoisotopic (exact) mass is 630 g/mol. The van der Waals surface area contributed by atoms with Gasteiger partial charge in [-0.2, -0.15) is 0 Å². The lowest BCUT2D eigenvalue weighted by Gasteiger charge is -2.20. The summed E-state index contributed by atoms with van der Waals surface area (Å²) in [5.41, 5.74) is 0. The van der Waals surface area contributed by atoms with Crippen molar-refractivity contribution in [1.82, 2.24) is 5.32 Å². The number of unbranched alkanes of at least 4 members (excludes halogenated alkanes) is 21. The minimum Gasteiger partial charge on any atom is -0.394 e. The Morgan fingerprint density at radius 1 is 0.533 bits per heavy atom. The normalized spacial score (nSPS) is 13.6.